The van der Waals surface area contributed by atoms with Crippen LogP contribution in [0.1, 0.15) is 22.4 Å². The van der Waals surface area contributed by atoms with E-state index in [1.807, 2.05) is 6.07 Å². The molecule has 3 nitrogen and oxygen atoms in total. The van der Waals surface area contributed by atoms with Gasteiger partial charge in [-0.1, -0.05) is 6.07 Å². The minimum absolute atomic E-state index is 0.253. The maximum atomic E-state index is 13.0. The lowest BCUT2D eigenvalue weighted by Gasteiger charge is -1.99. The van der Waals surface area contributed by atoms with Crippen LogP contribution in [0.5, 0.6) is 0 Å². The summed E-state index contributed by atoms with van der Waals surface area (Å²) in [4.78, 5) is 16.5. The van der Waals surface area contributed by atoms with Crippen LogP contribution < -0.4 is 0 Å². The van der Waals surface area contributed by atoms with Crippen LogP contribution in [0.15, 0.2) is 34.5 Å². The van der Waals surface area contributed by atoms with E-state index in [1.54, 1.807) is 18.4 Å². The van der Waals surface area contributed by atoms with Gasteiger partial charge in [0.1, 0.15) is 10.8 Å². The van der Waals surface area contributed by atoms with Crippen LogP contribution in [0.3, 0.4) is 0 Å². The van der Waals surface area contributed by atoms with Crippen LogP contribution in [0.25, 0.3) is 0 Å². The molecule has 0 aliphatic heterocycles. The van der Waals surface area contributed by atoms with Gasteiger partial charge in [-0.15, -0.1) is 23.1 Å². The summed E-state index contributed by atoms with van der Waals surface area (Å²) in [5.74, 6) is -0.0508. The first-order chi connectivity index (χ1) is 9.19. The summed E-state index contributed by atoms with van der Waals surface area (Å²) >= 11 is 2.88. The fourth-order valence-electron chi connectivity index (χ4n) is 1.38. The van der Waals surface area contributed by atoms with E-state index < -0.39 is 5.97 Å². The molecule has 1 heterocycles. The maximum absolute atomic E-state index is 13.0. The molecule has 0 saturated heterocycles. The van der Waals surface area contributed by atoms with Crippen molar-refractivity contribution in [2.24, 2.45) is 0 Å². The zero-order valence-corrected chi connectivity index (χ0v) is 11.9. The Bertz CT molecular complexity index is 571. The molecule has 0 bridgehead atoms. The molecule has 0 amide bonds. The van der Waals surface area contributed by atoms with Crippen molar-refractivity contribution in [2.45, 2.75) is 17.6 Å². The highest BCUT2D eigenvalue weighted by atomic mass is 32.2. The number of benzene rings is 1. The molecule has 0 fully saturated rings. The monoisotopic (exact) mass is 297 g/mol. The number of esters is 1. The number of carbonyl (C=O) groups is 1. The Morgan fingerprint density at radius 2 is 2.37 bits per heavy atom. The van der Waals surface area contributed by atoms with Gasteiger partial charge in [0.15, 0.2) is 5.69 Å². The average molecular weight is 297 g/mol. The molecule has 19 heavy (non-hydrogen) atoms. The number of ether oxygens (including phenoxy) is 1. The van der Waals surface area contributed by atoms with Gasteiger partial charge in [-0.25, -0.2) is 14.2 Å². The van der Waals surface area contributed by atoms with E-state index in [1.165, 1.54) is 35.2 Å². The Hall–Kier alpha value is -1.40. The number of thioether (sulfide) groups is 1. The van der Waals surface area contributed by atoms with Crippen LogP contribution in [-0.4, -0.2) is 17.6 Å². The van der Waals surface area contributed by atoms with Gasteiger partial charge in [-0.3, -0.25) is 0 Å². The molecule has 0 aliphatic carbocycles. The van der Waals surface area contributed by atoms with Gasteiger partial charge in [0.05, 0.1) is 12.4 Å². The standard InChI is InChI=1S/C13H12FNO2S2/c1-2-17-13(16)11-7-19-12(15-11)8-18-10-5-3-4-9(14)6-10/h3-7H,2,8H2,1H3. The van der Waals surface area contributed by atoms with E-state index in [9.17, 15) is 9.18 Å². The molecule has 6 heteroatoms. The van der Waals surface area contributed by atoms with E-state index in [0.717, 1.165) is 9.90 Å². The number of nitrogens with zero attached hydrogens (tertiary/aromatic N) is 1. The van der Waals surface area contributed by atoms with E-state index in [2.05, 4.69) is 4.98 Å². The Balaban J connectivity index is 1.95. The highest BCUT2D eigenvalue weighted by Gasteiger charge is 2.11. The third-order valence-electron chi connectivity index (χ3n) is 2.19. The fraction of sp³-hybridized carbons (Fsp3) is 0.231. The number of carbonyl (C=O) groups excluding carboxylic acids is 1. The number of rotatable bonds is 5. The molecule has 2 aromatic rings. The molecule has 0 N–H and O–H groups in total. The zero-order chi connectivity index (χ0) is 13.7. The normalized spacial score (nSPS) is 10.4. The van der Waals surface area contributed by atoms with Gasteiger partial charge in [0, 0.05) is 10.3 Å². The van der Waals surface area contributed by atoms with Crippen LogP contribution in [-0.2, 0) is 10.5 Å². The van der Waals surface area contributed by atoms with Gasteiger partial charge in [0.2, 0.25) is 0 Å². The molecule has 1 aromatic heterocycles. The van der Waals surface area contributed by atoms with Crippen molar-refractivity contribution in [2.75, 3.05) is 6.61 Å². The smallest absolute Gasteiger partial charge is 0.357 e. The summed E-state index contributed by atoms with van der Waals surface area (Å²) in [7, 11) is 0. The van der Waals surface area contributed by atoms with E-state index in [-0.39, 0.29) is 5.82 Å². The van der Waals surface area contributed by atoms with Gasteiger partial charge < -0.3 is 4.74 Å². The molecule has 0 saturated carbocycles. The molecular weight excluding hydrogens is 285 g/mol. The Morgan fingerprint density at radius 1 is 1.53 bits per heavy atom. The third kappa shape index (κ3) is 4.04. The molecule has 0 spiro atoms. The fourth-order valence-corrected chi connectivity index (χ4v) is 3.10. The Kier molecular flexibility index (Phi) is 4.93. The molecule has 0 unspecified atom stereocenters. The van der Waals surface area contributed by atoms with Crippen molar-refractivity contribution >= 4 is 29.1 Å². The summed E-state index contributed by atoms with van der Waals surface area (Å²) in [6.45, 7) is 2.09. The number of thiazole rings is 1. The second-order valence-electron chi connectivity index (χ2n) is 3.59. The summed E-state index contributed by atoms with van der Waals surface area (Å²) in [6, 6.07) is 6.40. The number of halogens is 1. The second kappa shape index (κ2) is 6.68. The van der Waals surface area contributed by atoms with Crippen molar-refractivity contribution in [3.63, 3.8) is 0 Å². The summed E-state index contributed by atoms with van der Waals surface area (Å²) < 4.78 is 17.9. The SMILES string of the molecule is CCOC(=O)c1csc(CSc2cccc(F)c2)n1. The van der Waals surface area contributed by atoms with Gasteiger partial charge in [-0.2, -0.15) is 0 Å². The highest BCUT2D eigenvalue weighted by Crippen LogP contribution is 2.25. The molecule has 0 radical (unpaired) electrons. The lowest BCUT2D eigenvalue weighted by atomic mass is 10.4. The minimum Gasteiger partial charge on any atom is -0.461 e. The molecule has 0 aliphatic rings. The first-order valence-corrected chi connectivity index (χ1v) is 7.55. The Morgan fingerprint density at radius 3 is 3.11 bits per heavy atom. The van der Waals surface area contributed by atoms with Crippen LogP contribution >= 0.6 is 23.1 Å². The number of hydrogen-bond acceptors (Lipinski definition) is 5. The largest absolute Gasteiger partial charge is 0.461 e. The lowest BCUT2D eigenvalue weighted by molar-refractivity contribution is 0.0520. The van der Waals surface area contributed by atoms with E-state index in [4.69, 9.17) is 4.74 Å². The van der Waals surface area contributed by atoms with Gasteiger partial charge in [0.25, 0.3) is 0 Å². The van der Waals surface area contributed by atoms with Gasteiger partial charge >= 0.3 is 5.97 Å². The van der Waals surface area contributed by atoms with Crippen molar-refractivity contribution in [3.8, 4) is 0 Å². The van der Waals surface area contributed by atoms with Crippen LogP contribution in [0, 0.1) is 5.82 Å². The van der Waals surface area contributed by atoms with Crippen molar-refractivity contribution in [1.82, 2.24) is 4.98 Å². The lowest BCUT2D eigenvalue weighted by Crippen LogP contribution is -2.04. The van der Waals surface area contributed by atoms with Crippen molar-refractivity contribution < 1.29 is 13.9 Å². The van der Waals surface area contributed by atoms with Crippen molar-refractivity contribution in [1.29, 1.82) is 0 Å². The van der Waals surface area contributed by atoms with E-state index in [0.29, 0.717) is 18.1 Å². The highest BCUT2D eigenvalue weighted by molar-refractivity contribution is 7.98. The van der Waals surface area contributed by atoms with Crippen molar-refractivity contribution in [3.05, 3.63) is 46.2 Å². The van der Waals surface area contributed by atoms with Gasteiger partial charge in [-0.05, 0) is 25.1 Å². The van der Waals surface area contributed by atoms with E-state index >= 15 is 0 Å². The summed E-state index contributed by atoms with van der Waals surface area (Å²) in [6.07, 6.45) is 0. The summed E-state index contributed by atoms with van der Waals surface area (Å²) in [5, 5.41) is 2.50. The third-order valence-corrected chi connectivity index (χ3v) is 4.23. The minimum atomic E-state index is -0.402. The molecule has 100 valence electrons. The Labute approximate surface area is 118 Å². The predicted molar refractivity (Wildman–Crippen MR) is 74.0 cm³/mol. The quantitative estimate of drug-likeness (QED) is 0.622. The number of hydrogen-bond donors (Lipinski definition) is 0. The first kappa shape index (κ1) is 14.0. The average Bonchev–Trinajstić information content (AvgIpc) is 2.86. The van der Waals surface area contributed by atoms with Crippen LogP contribution in [0.2, 0.25) is 0 Å². The molecule has 1 aromatic carbocycles. The van der Waals surface area contributed by atoms with Crippen LogP contribution in [0.4, 0.5) is 4.39 Å². The first-order valence-electron chi connectivity index (χ1n) is 5.69. The summed E-state index contributed by atoms with van der Waals surface area (Å²) in [5.41, 5.74) is 0.335. The zero-order valence-electron chi connectivity index (χ0n) is 10.3. The second-order valence-corrected chi connectivity index (χ2v) is 5.58. The number of aromatic nitrogens is 1. The topological polar surface area (TPSA) is 39.2 Å². The molecule has 0 atom stereocenters. The predicted octanol–water partition coefficient (Wildman–Crippen LogP) is 3.75. The molecular formula is C13H12FNO2S2. The molecule has 2 rings (SSSR count). The maximum Gasteiger partial charge on any atom is 0.357 e.